The maximum absolute atomic E-state index is 13.4. The van der Waals surface area contributed by atoms with E-state index in [0.717, 1.165) is 36.0 Å². The number of carboxylic acid groups (broad SMARTS) is 1. The second-order valence-corrected chi connectivity index (χ2v) is 11.2. The van der Waals surface area contributed by atoms with Gasteiger partial charge in [0.1, 0.15) is 12.4 Å². The lowest BCUT2D eigenvalue weighted by Crippen LogP contribution is -2.48. The molecule has 1 aromatic heterocycles. The number of nitrogens with zero attached hydrogens (tertiary/aromatic N) is 1. The Labute approximate surface area is 257 Å². The molecule has 1 aliphatic rings. The Hall–Kier alpha value is -4.44. The lowest BCUT2D eigenvalue weighted by Gasteiger charge is -2.32. The number of carbonyl (C=O) groups is 4. The van der Waals surface area contributed by atoms with E-state index in [-0.39, 0.29) is 24.9 Å². The van der Waals surface area contributed by atoms with E-state index in [0.29, 0.717) is 37.9 Å². The Bertz CT molecular complexity index is 1400. The van der Waals surface area contributed by atoms with E-state index >= 15 is 0 Å². The quantitative estimate of drug-likeness (QED) is 0.0763. The fraction of sp³-hybridized carbons (Fsp3) is 0.412. The molecule has 0 aliphatic heterocycles. The van der Waals surface area contributed by atoms with Gasteiger partial charge in [0.2, 0.25) is 12.3 Å². The van der Waals surface area contributed by atoms with Crippen molar-refractivity contribution in [1.82, 2.24) is 15.7 Å². The van der Waals surface area contributed by atoms with Gasteiger partial charge in [-0.3, -0.25) is 24.0 Å². The van der Waals surface area contributed by atoms with Gasteiger partial charge in [0, 0.05) is 5.56 Å². The summed E-state index contributed by atoms with van der Waals surface area (Å²) in [6.07, 6.45) is 5.71. The number of carbonyl (C=O) groups excluding carboxylic acids is 3. The number of hydroxylamine groups is 2. The topological polar surface area (TPSA) is 138 Å². The maximum Gasteiger partial charge on any atom is 0.314 e. The normalized spacial score (nSPS) is 14.7. The minimum Gasteiger partial charge on any atom is -0.481 e. The van der Waals surface area contributed by atoms with Gasteiger partial charge in [0.15, 0.2) is 5.76 Å². The second-order valence-electron chi connectivity index (χ2n) is 11.2. The minimum atomic E-state index is -0.816. The summed E-state index contributed by atoms with van der Waals surface area (Å²) in [5.41, 5.74) is 1.60. The fourth-order valence-electron chi connectivity index (χ4n) is 5.43. The molecule has 1 fully saturated rings. The largest absolute Gasteiger partial charge is 0.481 e. The lowest BCUT2D eigenvalue weighted by molar-refractivity contribution is -0.200. The van der Waals surface area contributed by atoms with Crippen LogP contribution in [0.5, 0.6) is 0 Å². The van der Waals surface area contributed by atoms with Crippen molar-refractivity contribution in [3.8, 4) is 11.3 Å². The lowest BCUT2D eigenvalue weighted by atomic mass is 9.90. The van der Waals surface area contributed by atoms with Gasteiger partial charge in [-0.25, -0.2) is 5.06 Å². The van der Waals surface area contributed by atoms with Crippen LogP contribution in [0.3, 0.4) is 0 Å². The van der Waals surface area contributed by atoms with Gasteiger partial charge >= 0.3 is 5.97 Å². The summed E-state index contributed by atoms with van der Waals surface area (Å²) in [5.74, 6) is -1.57. The molecule has 0 saturated heterocycles. The first-order valence-corrected chi connectivity index (χ1v) is 15.2. The Kier molecular flexibility index (Phi) is 11.3. The fourth-order valence-corrected chi connectivity index (χ4v) is 5.43. The Morgan fingerprint density at radius 2 is 1.73 bits per heavy atom. The van der Waals surface area contributed by atoms with Crippen LogP contribution in [0, 0.1) is 5.92 Å². The molecule has 4 rings (SSSR count). The first-order chi connectivity index (χ1) is 21.3. The van der Waals surface area contributed by atoms with Crippen molar-refractivity contribution in [2.75, 3.05) is 6.67 Å². The molecule has 44 heavy (non-hydrogen) atoms. The smallest absolute Gasteiger partial charge is 0.314 e. The number of amides is 3. The van der Waals surface area contributed by atoms with E-state index in [2.05, 4.69) is 17.6 Å². The zero-order chi connectivity index (χ0) is 31.5. The van der Waals surface area contributed by atoms with E-state index in [4.69, 9.17) is 9.25 Å². The number of nitrogens with one attached hydrogen (secondary N) is 2. The van der Waals surface area contributed by atoms with Crippen molar-refractivity contribution in [2.24, 2.45) is 5.92 Å². The zero-order valence-electron chi connectivity index (χ0n) is 25.3. The van der Waals surface area contributed by atoms with Crippen LogP contribution in [0.25, 0.3) is 11.3 Å². The molecule has 234 valence electrons. The molecule has 3 aromatic rings. The van der Waals surface area contributed by atoms with Crippen LogP contribution in [0.4, 0.5) is 0 Å². The highest BCUT2D eigenvalue weighted by Crippen LogP contribution is 2.48. The Morgan fingerprint density at radius 3 is 2.34 bits per heavy atom. The first-order valence-electron chi connectivity index (χ1n) is 15.2. The molecule has 3 amide bonds. The molecule has 1 aliphatic carbocycles. The average Bonchev–Trinajstić information content (AvgIpc) is 3.72. The molecule has 2 atom stereocenters. The molecule has 0 spiro atoms. The van der Waals surface area contributed by atoms with Crippen LogP contribution in [-0.4, -0.2) is 47.1 Å². The molecule has 0 bridgehead atoms. The van der Waals surface area contributed by atoms with Gasteiger partial charge in [0.05, 0.1) is 24.0 Å². The van der Waals surface area contributed by atoms with Gasteiger partial charge in [-0.05, 0) is 48.9 Å². The molecule has 0 radical (unpaired) electrons. The second kappa shape index (κ2) is 15.3. The van der Waals surface area contributed by atoms with Crippen LogP contribution in [0.1, 0.15) is 80.5 Å². The summed E-state index contributed by atoms with van der Waals surface area (Å²) < 4.78 is 5.75. The molecule has 1 heterocycles. The van der Waals surface area contributed by atoms with Crippen molar-refractivity contribution < 1.29 is 33.5 Å². The number of carboxylic acids is 1. The number of hydrogen-bond acceptors (Lipinski definition) is 6. The van der Waals surface area contributed by atoms with Crippen molar-refractivity contribution >= 4 is 24.2 Å². The third-order valence-corrected chi connectivity index (χ3v) is 8.21. The van der Waals surface area contributed by atoms with Crippen molar-refractivity contribution in [2.45, 2.75) is 76.9 Å². The monoisotopic (exact) mass is 603 g/mol. The van der Waals surface area contributed by atoms with Crippen LogP contribution >= 0.6 is 0 Å². The van der Waals surface area contributed by atoms with E-state index in [9.17, 15) is 24.3 Å². The summed E-state index contributed by atoms with van der Waals surface area (Å²) in [4.78, 5) is 55.6. The average molecular weight is 604 g/mol. The highest BCUT2D eigenvalue weighted by molar-refractivity contribution is 5.92. The van der Waals surface area contributed by atoms with Crippen LogP contribution in [-0.2, 0) is 31.2 Å². The van der Waals surface area contributed by atoms with Crippen LogP contribution < -0.4 is 10.6 Å². The summed E-state index contributed by atoms with van der Waals surface area (Å²) in [5, 5.41) is 16.2. The number of aliphatic carboxylic acids is 1. The Morgan fingerprint density at radius 1 is 1.00 bits per heavy atom. The predicted molar refractivity (Wildman–Crippen MR) is 164 cm³/mol. The number of unbranched alkanes of at least 4 members (excludes halogenated alkanes) is 2. The third-order valence-electron chi connectivity index (χ3n) is 8.21. The maximum atomic E-state index is 13.4. The van der Waals surface area contributed by atoms with E-state index < -0.39 is 29.3 Å². The number of furan rings is 1. The van der Waals surface area contributed by atoms with Gasteiger partial charge in [0.25, 0.3) is 5.91 Å². The molecule has 1 saturated carbocycles. The molecule has 10 nitrogen and oxygen atoms in total. The molecular formula is C34H41N3O7. The highest BCUT2D eigenvalue weighted by atomic mass is 16.7. The molecule has 2 unspecified atom stereocenters. The molecular weight excluding hydrogens is 562 g/mol. The summed E-state index contributed by atoms with van der Waals surface area (Å²) in [7, 11) is 0. The van der Waals surface area contributed by atoms with Gasteiger partial charge in [-0.2, -0.15) is 0 Å². The standard InChI is InChI=1S/C34H41N3O7/c1-3-5-7-12-27(28(4-2)37(23-38)43-21-24-10-8-6-9-11-24)31(39)35-22-36-32(40)30-18-17-29(44-30)25-13-15-26(16-14-25)34(19-20-34)33(41)42/h6,8-11,13-18,23,27-28H,3-5,7,12,19-22H2,1-2H3,(H,35,39)(H,36,40)(H,41,42). The van der Waals surface area contributed by atoms with Crippen molar-refractivity contribution in [1.29, 1.82) is 0 Å². The number of rotatable bonds is 18. The third kappa shape index (κ3) is 7.93. The number of benzene rings is 2. The minimum absolute atomic E-state index is 0.0786. The van der Waals surface area contributed by atoms with E-state index in [1.165, 1.54) is 5.06 Å². The van der Waals surface area contributed by atoms with Crippen LogP contribution in [0.15, 0.2) is 71.1 Å². The van der Waals surface area contributed by atoms with E-state index in [1.807, 2.05) is 37.3 Å². The molecule has 3 N–H and O–H groups in total. The number of hydrogen-bond donors (Lipinski definition) is 3. The van der Waals surface area contributed by atoms with Gasteiger partial charge < -0.3 is 20.2 Å². The van der Waals surface area contributed by atoms with E-state index in [1.54, 1.807) is 36.4 Å². The van der Waals surface area contributed by atoms with Crippen molar-refractivity contribution in [3.63, 3.8) is 0 Å². The van der Waals surface area contributed by atoms with Gasteiger partial charge in [-0.1, -0.05) is 87.7 Å². The zero-order valence-corrected chi connectivity index (χ0v) is 25.3. The van der Waals surface area contributed by atoms with Crippen LogP contribution in [0.2, 0.25) is 0 Å². The summed E-state index contributed by atoms with van der Waals surface area (Å²) in [6.45, 7) is 4.08. The van der Waals surface area contributed by atoms with Crippen molar-refractivity contribution in [3.05, 3.63) is 83.6 Å². The summed E-state index contributed by atoms with van der Waals surface area (Å²) >= 11 is 0. The predicted octanol–water partition coefficient (Wildman–Crippen LogP) is 5.43. The van der Waals surface area contributed by atoms with Gasteiger partial charge in [-0.15, -0.1) is 0 Å². The SMILES string of the molecule is CCCCCC(C(=O)NCNC(=O)c1ccc(-c2ccc(C3(C(=O)O)CC3)cc2)o1)C(CC)N(C=O)OCc1ccccc1. The molecule has 10 heteroatoms. The Balaban J connectivity index is 1.34. The highest BCUT2D eigenvalue weighted by Gasteiger charge is 2.51. The first kappa shape index (κ1) is 32.5. The molecule has 2 aromatic carbocycles. The summed E-state index contributed by atoms with van der Waals surface area (Å²) in [6, 6.07) is 19.4.